The predicted molar refractivity (Wildman–Crippen MR) is 58.4 cm³/mol. The van der Waals surface area contributed by atoms with Crippen LogP contribution in [0.4, 0.5) is 5.82 Å². The van der Waals surface area contributed by atoms with Gasteiger partial charge < -0.3 is 14.7 Å². The number of aliphatic hydroxyl groups excluding tert-OH is 1. The van der Waals surface area contributed by atoms with E-state index in [1.165, 1.54) is 7.11 Å². The SMILES string of the molecule is COC(=O)c1cccc(N2CC[C@H](O)C2)n1. The smallest absolute Gasteiger partial charge is 0.356 e. The molecule has 0 spiro atoms. The Kier molecular flexibility index (Phi) is 3.05. The normalized spacial score (nSPS) is 19.9. The Bertz CT molecular complexity index is 395. The molecule has 1 aliphatic heterocycles. The lowest BCUT2D eigenvalue weighted by atomic mass is 10.3. The second-order valence-corrected chi connectivity index (χ2v) is 3.76. The average molecular weight is 222 g/mol. The van der Waals surface area contributed by atoms with Crippen LogP contribution in [0.3, 0.4) is 0 Å². The van der Waals surface area contributed by atoms with Gasteiger partial charge in [-0.05, 0) is 18.6 Å². The highest BCUT2D eigenvalue weighted by Crippen LogP contribution is 2.18. The predicted octanol–water partition coefficient (Wildman–Crippen LogP) is 0.439. The summed E-state index contributed by atoms with van der Waals surface area (Å²) < 4.78 is 4.61. The van der Waals surface area contributed by atoms with Gasteiger partial charge in [0, 0.05) is 13.1 Å². The van der Waals surface area contributed by atoms with Crippen molar-refractivity contribution in [3.8, 4) is 0 Å². The summed E-state index contributed by atoms with van der Waals surface area (Å²) >= 11 is 0. The van der Waals surface area contributed by atoms with Crippen LogP contribution in [0.1, 0.15) is 16.9 Å². The van der Waals surface area contributed by atoms with Crippen molar-refractivity contribution in [3.63, 3.8) is 0 Å². The molecule has 0 saturated carbocycles. The monoisotopic (exact) mass is 222 g/mol. The Hall–Kier alpha value is -1.62. The molecule has 2 heterocycles. The van der Waals surface area contributed by atoms with E-state index < -0.39 is 5.97 Å². The fourth-order valence-corrected chi connectivity index (χ4v) is 1.77. The standard InChI is InChI=1S/C11H14N2O3/c1-16-11(15)9-3-2-4-10(12-9)13-6-5-8(14)7-13/h2-4,8,14H,5-7H2,1H3/t8-/m0/s1. The maximum atomic E-state index is 11.3. The van der Waals surface area contributed by atoms with Crippen molar-refractivity contribution >= 4 is 11.8 Å². The first-order valence-corrected chi connectivity index (χ1v) is 5.19. The van der Waals surface area contributed by atoms with Gasteiger partial charge in [0.15, 0.2) is 5.69 Å². The third-order valence-electron chi connectivity index (χ3n) is 2.62. The maximum Gasteiger partial charge on any atom is 0.356 e. The number of nitrogens with zero attached hydrogens (tertiary/aromatic N) is 2. The van der Waals surface area contributed by atoms with E-state index in [0.29, 0.717) is 18.1 Å². The van der Waals surface area contributed by atoms with E-state index in [4.69, 9.17) is 0 Å². The number of rotatable bonds is 2. The molecule has 0 radical (unpaired) electrons. The molecule has 5 heteroatoms. The van der Waals surface area contributed by atoms with Crippen molar-refractivity contribution in [2.45, 2.75) is 12.5 Å². The second-order valence-electron chi connectivity index (χ2n) is 3.76. The van der Waals surface area contributed by atoms with Gasteiger partial charge >= 0.3 is 5.97 Å². The molecule has 0 unspecified atom stereocenters. The Labute approximate surface area is 93.7 Å². The molecular weight excluding hydrogens is 208 g/mol. The van der Waals surface area contributed by atoms with Crippen LogP contribution in [0.5, 0.6) is 0 Å². The summed E-state index contributed by atoms with van der Waals surface area (Å²) in [5, 5.41) is 9.42. The summed E-state index contributed by atoms with van der Waals surface area (Å²) in [7, 11) is 1.33. The second kappa shape index (κ2) is 4.49. The lowest BCUT2D eigenvalue weighted by Gasteiger charge is -2.16. The third-order valence-corrected chi connectivity index (χ3v) is 2.62. The van der Waals surface area contributed by atoms with Gasteiger partial charge in [0.1, 0.15) is 5.82 Å². The minimum atomic E-state index is -0.443. The molecule has 0 amide bonds. The number of β-amino-alcohol motifs (C(OH)–C–C–N with tert-alkyl or cyclic N) is 1. The van der Waals surface area contributed by atoms with Crippen molar-refractivity contribution in [1.29, 1.82) is 0 Å². The number of hydrogen-bond donors (Lipinski definition) is 1. The molecule has 2 rings (SSSR count). The molecule has 1 aliphatic rings. The number of esters is 1. The first-order valence-electron chi connectivity index (χ1n) is 5.19. The van der Waals surface area contributed by atoms with Gasteiger partial charge in [0.25, 0.3) is 0 Å². The summed E-state index contributed by atoms with van der Waals surface area (Å²) in [6, 6.07) is 5.20. The molecule has 0 aliphatic carbocycles. The van der Waals surface area contributed by atoms with Crippen LogP contribution < -0.4 is 4.90 Å². The number of aromatic nitrogens is 1. The van der Waals surface area contributed by atoms with E-state index in [2.05, 4.69) is 9.72 Å². The molecular formula is C11H14N2O3. The van der Waals surface area contributed by atoms with E-state index >= 15 is 0 Å². The highest BCUT2D eigenvalue weighted by molar-refractivity contribution is 5.87. The van der Waals surface area contributed by atoms with Gasteiger partial charge in [-0.2, -0.15) is 0 Å². The van der Waals surface area contributed by atoms with Crippen LogP contribution in [-0.4, -0.2) is 42.4 Å². The Balaban J connectivity index is 2.19. The minimum Gasteiger partial charge on any atom is -0.464 e. The van der Waals surface area contributed by atoms with Crippen molar-refractivity contribution in [1.82, 2.24) is 4.98 Å². The van der Waals surface area contributed by atoms with Crippen LogP contribution in [0.15, 0.2) is 18.2 Å². The summed E-state index contributed by atoms with van der Waals surface area (Å²) in [4.78, 5) is 17.4. The lowest BCUT2D eigenvalue weighted by molar-refractivity contribution is 0.0594. The van der Waals surface area contributed by atoms with Crippen LogP contribution in [0.2, 0.25) is 0 Å². The van der Waals surface area contributed by atoms with Gasteiger partial charge in [0.05, 0.1) is 13.2 Å². The van der Waals surface area contributed by atoms with E-state index in [9.17, 15) is 9.90 Å². The maximum absolute atomic E-state index is 11.3. The number of ether oxygens (including phenoxy) is 1. The largest absolute Gasteiger partial charge is 0.464 e. The summed E-state index contributed by atoms with van der Waals surface area (Å²) in [5.41, 5.74) is 0.293. The van der Waals surface area contributed by atoms with Gasteiger partial charge in [-0.3, -0.25) is 0 Å². The number of aliphatic hydroxyl groups is 1. The van der Waals surface area contributed by atoms with Crippen LogP contribution in [-0.2, 0) is 4.74 Å². The highest BCUT2D eigenvalue weighted by Gasteiger charge is 2.21. The molecule has 5 nitrogen and oxygen atoms in total. The lowest BCUT2D eigenvalue weighted by Crippen LogP contribution is -2.22. The first-order chi connectivity index (χ1) is 7.70. The van der Waals surface area contributed by atoms with Crippen LogP contribution in [0, 0.1) is 0 Å². The summed E-state index contributed by atoms with van der Waals surface area (Å²) in [6.45, 7) is 1.33. The van der Waals surface area contributed by atoms with Crippen molar-refractivity contribution in [2.75, 3.05) is 25.1 Å². The Morgan fingerprint density at radius 1 is 1.62 bits per heavy atom. The molecule has 1 N–H and O–H groups in total. The van der Waals surface area contributed by atoms with Crippen molar-refractivity contribution in [2.24, 2.45) is 0 Å². The Morgan fingerprint density at radius 3 is 3.06 bits per heavy atom. The molecule has 0 bridgehead atoms. The van der Waals surface area contributed by atoms with Crippen molar-refractivity contribution in [3.05, 3.63) is 23.9 Å². The minimum absolute atomic E-state index is 0.293. The van der Waals surface area contributed by atoms with E-state index in [0.717, 1.165) is 13.0 Å². The quantitative estimate of drug-likeness (QED) is 0.736. The average Bonchev–Trinajstić information content (AvgIpc) is 2.75. The topological polar surface area (TPSA) is 62.7 Å². The van der Waals surface area contributed by atoms with Gasteiger partial charge in [-0.25, -0.2) is 9.78 Å². The van der Waals surface area contributed by atoms with Gasteiger partial charge in [0.2, 0.25) is 0 Å². The fourth-order valence-electron chi connectivity index (χ4n) is 1.77. The molecule has 1 atom stereocenters. The molecule has 1 aromatic heterocycles. The number of pyridine rings is 1. The number of methoxy groups -OCH3 is 1. The molecule has 1 saturated heterocycles. The van der Waals surface area contributed by atoms with E-state index in [1.54, 1.807) is 12.1 Å². The third kappa shape index (κ3) is 2.14. The molecule has 1 fully saturated rings. The van der Waals surface area contributed by atoms with Crippen LogP contribution in [0.25, 0.3) is 0 Å². The molecule has 0 aromatic carbocycles. The van der Waals surface area contributed by atoms with Gasteiger partial charge in [-0.15, -0.1) is 0 Å². The zero-order valence-corrected chi connectivity index (χ0v) is 9.09. The molecule has 1 aromatic rings. The Morgan fingerprint density at radius 2 is 2.44 bits per heavy atom. The van der Waals surface area contributed by atoms with Gasteiger partial charge in [-0.1, -0.05) is 6.07 Å². The number of anilines is 1. The van der Waals surface area contributed by atoms with Crippen LogP contribution >= 0.6 is 0 Å². The van der Waals surface area contributed by atoms with E-state index in [1.807, 2.05) is 11.0 Å². The number of hydrogen-bond acceptors (Lipinski definition) is 5. The zero-order chi connectivity index (χ0) is 11.5. The molecule has 16 heavy (non-hydrogen) atoms. The first kappa shape index (κ1) is 10.9. The molecule has 86 valence electrons. The number of carbonyl (C=O) groups excluding carboxylic acids is 1. The summed E-state index contributed by atoms with van der Waals surface area (Å²) in [5.74, 6) is 0.265. The zero-order valence-electron chi connectivity index (χ0n) is 9.09. The highest BCUT2D eigenvalue weighted by atomic mass is 16.5. The van der Waals surface area contributed by atoms with E-state index in [-0.39, 0.29) is 6.10 Å². The summed E-state index contributed by atoms with van der Waals surface area (Å²) in [6.07, 6.45) is 0.438. The van der Waals surface area contributed by atoms with Crippen molar-refractivity contribution < 1.29 is 14.6 Å². The number of carbonyl (C=O) groups is 1. The fraction of sp³-hybridized carbons (Fsp3) is 0.455.